The Kier molecular flexibility index (Phi) is 7.32. The first-order valence-electron chi connectivity index (χ1n) is 7.89. The third-order valence-corrected chi connectivity index (χ3v) is 5.85. The molecular weight excluding hydrogens is 306 g/mol. The summed E-state index contributed by atoms with van der Waals surface area (Å²) in [5, 5.41) is 8.72. The molecule has 1 atom stereocenters. The van der Waals surface area contributed by atoms with Crippen molar-refractivity contribution >= 4 is 21.7 Å². The smallest absolute Gasteiger partial charge is 0.303 e. The van der Waals surface area contributed by atoms with E-state index in [2.05, 4.69) is 0 Å². The van der Waals surface area contributed by atoms with Crippen molar-refractivity contribution in [3.05, 3.63) is 0 Å². The Labute approximate surface area is 132 Å². The van der Waals surface area contributed by atoms with E-state index in [0.29, 0.717) is 19.5 Å². The molecule has 0 saturated carbocycles. The number of carboxylic acid groups (broad SMARTS) is 1. The molecule has 1 saturated heterocycles. The van der Waals surface area contributed by atoms with Gasteiger partial charge in [0.1, 0.15) is 0 Å². The molecule has 1 N–H and O–H groups in total. The molecule has 0 radical (unpaired) electrons. The molecule has 0 bridgehead atoms. The van der Waals surface area contributed by atoms with Gasteiger partial charge in [0.25, 0.3) is 0 Å². The van der Waals surface area contributed by atoms with E-state index in [1.807, 2.05) is 13.8 Å². The number of rotatable bonds is 8. The molecular formula is C15H27NO5S. The number of carboxylic acids is 1. The van der Waals surface area contributed by atoms with Crippen LogP contribution in [0.4, 0.5) is 0 Å². The van der Waals surface area contributed by atoms with E-state index in [0.717, 1.165) is 12.8 Å². The minimum atomic E-state index is -3.17. The summed E-state index contributed by atoms with van der Waals surface area (Å²) in [6, 6.07) is 0. The van der Waals surface area contributed by atoms with Gasteiger partial charge in [0.15, 0.2) is 9.84 Å². The average molecular weight is 333 g/mol. The van der Waals surface area contributed by atoms with Crippen LogP contribution in [0.25, 0.3) is 0 Å². The van der Waals surface area contributed by atoms with E-state index in [9.17, 15) is 18.0 Å². The van der Waals surface area contributed by atoms with Crippen LogP contribution in [0.1, 0.15) is 46.0 Å². The molecule has 22 heavy (non-hydrogen) atoms. The molecule has 6 nitrogen and oxygen atoms in total. The predicted octanol–water partition coefficient (Wildman–Crippen LogP) is 1.55. The van der Waals surface area contributed by atoms with Gasteiger partial charge in [-0.3, -0.25) is 9.59 Å². The Bertz CT molecular complexity index is 486. The standard InChI is InChI=1S/C15H27NO5S/c1-12(2)11-22(20,21)9-7-14(17)16-8-3-4-13(10-16)5-6-15(18)19/h12-13H,3-11H2,1-2H3,(H,18,19). The molecule has 7 heteroatoms. The average Bonchev–Trinajstić information content (AvgIpc) is 2.41. The molecule has 1 amide bonds. The first-order chi connectivity index (χ1) is 10.2. The largest absolute Gasteiger partial charge is 0.481 e. The van der Waals surface area contributed by atoms with Gasteiger partial charge in [-0.2, -0.15) is 0 Å². The van der Waals surface area contributed by atoms with E-state index in [1.54, 1.807) is 4.90 Å². The van der Waals surface area contributed by atoms with Crippen LogP contribution in [-0.2, 0) is 19.4 Å². The maximum absolute atomic E-state index is 12.2. The van der Waals surface area contributed by atoms with Crippen LogP contribution in [0.15, 0.2) is 0 Å². The lowest BCUT2D eigenvalue weighted by Crippen LogP contribution is -2.40. The highest BCUT2D eigenvalue weighted by Gasteiger charge is 2.25. The fourth-order valence-corrected chi connectivity index (χ4v) is 4.51. The maximum atomic E-state index is 12.2. The van der Waals surface area contributed by atoms with E-state index < -0.39 is 15.8 Å². The molecule has 128 valence electrons. The van der Waals surface area contributed by atoms with Gasteiger partial charge in [-0.05, 0) is 31.1 Å². The second-order valence-corrected chi connectivity index (χ2v) is 8.77. The Morgan fingerprint density at radius 3 is 2.55 bits per heavy atom. The normalized spacial score (nSPS) is 19.4. The lowest BCUT2D eigenvalue weighted by molar-refractivity contribution is -0.137. The highest BCUT2D eigenvalue weighted by atomic mass is 32.2. The molecule has 1 fully saturated rings. The topological polar surface area (TPSA) is 91.8 Å². The van der Waals surface area contributed by atoms with Crippen LogP contribution in [0, 0.1) is 11.8 Å². The second kappa shape index (κ2) is 8.50. The summed E-state index contributed by atoms with van der Waals surface area (Å²) < 4.78 is 23.7. The minimum absolute atomic E-state index is 0.0285. The van der Waals surface area contributed by atoms with Gasteiger partial charge in [-0.1, -0.05) is 13.8 Å². The highest BCUT2D eigenvalue weighted by Crippen LogP contribution is 2.21. The van der Waals surface area contributed by atoms with Crippen molar-refractivity contribution in [1.29, 1.82) is 0 Å². The van der Waals surface area contributed by atoms with Crippen LogP contribution in [0.3, 0.4) is 0 Å². The summed E-state index contributed by atoms with van der Waals surface area (Å²) in [7, 11) is -3.17. The number of nitrogens with zero attached hydrogens (tertiary/aromatic N) is 1. The summed E-state index contributed by atoms with van der Waals surface area (Å²) in [5.41, 5.74) is 0. The Balaban J connectivity index is 2.43. The van der Waals surface area contributed by atoms with E-state index in [1.165, 1.54) is 0 Å². The molecule has 0 spiro atoms. The third kappa shape index (κ3) is 7.24. The molecule has 1 unspecified atom stereocenters. The van der Waals surface area contributed by atoms with E-state index >= 15 is 0 Å². The van der Waals surface area contributed by atoms with Crippen molar-refractivity contribution in [3.8, 4) is 0 Å². The van der Waals surface area contributed by atoms with Gasteiger partial charge in [0, 0.05) is 25.9 Å². The first-order valence-corrected chi connectivity index (χ1v) is 9.71. The van der Waals surface area contributed by atoms with Crippen LogP contribution in [-0.4, -0.2) is 54.9 Å². The van der Waals surface area contributed by atoms with Gasteiger partial charge in [-0.25, -0.2) is 8.42 Å². The number of amides is 1. The van der Waals surface area contributed by atoms with Gasteiger partial charge < -0.3 is 10.0 Å². The zero-order chi connectivity index (χ0) is 16.8. The van der Waals surface area contributed by atoms with Crippen molar-refractivity contribution < 1.29 is 23.1 Å². The summed E-state index contributed by atoms with van der Waals surface area (Å²) in [6.45, 7) is 4.89. The fraction of sp³-hybridized carbons (Fsp3) is 0.867. The molecule has 1 aliphatic rings. The Morgan fingerprint density at radius 1 is 1.27 bits per heavy atom. The van der Waals surface area contributed by atoms with Gasteiger partial charge >= 0.3 is 5.97 Å². The van der Waals surface area contributed by atoms with Crippen molar-refractivity contribution in [1.82, 2.24) is 4.90 Å². The molecule has 0 aromatic heterocycles. The Hall–Kier alpha value is -1.11. The van der Waals surface area contributed by atoms with Crippen LogP contribution in [0.5, 0.6) is 0 Å². The molecule has 1 heterocycles. The lowest BCUT2D eigenvalue weighted by Gasteiger charge is -2.32. The molecule has 0 aromatic rings. The molecule has 1 rings (SSSR count). The third-order valence-electron chi connectivity index (χ3n) is 3.85. The van der Waals surface area contributed by atoms with Crippen LogP contribution >= 0.6 is 0 Å². The van der Waals surface area contributed by atoms with E-state index in [4.69, 9.17) is 5.11 Å². The summed E-state index contributed by atoms with van der Waals surface area (Å²) in [5.74, 6) is -0.658. The van der Waals surface area contributed by atoms with Gasteiger partial charge in [-0.15, -0.1) is 0 Å². The number of likely N-dealkylation sites (tertiary alicyclic amines) is 1. The van der Waals surface area contributed by atoms with Crippen LogP contribution in [0.2, 0.25) is 0 Å². The summed E-state index contributed by atoms with van der Waals surface area (Å²) >= 11 is 0. The number of carbonyl (C=O) groups is 2. The number of piperidine rings is 1. The van der Waals surface area contributed by atoms with Crippen molar-refractivity contribution in [2.24, 2.45) is 11.8 Å². The highest BCUT2D eigenvalue weighted by molar-refractivity contribution is 7.91. The SMILES string of the molecule is CC(C)CS(=O)(=O)CCC(=O)N1CCCC(CCC(=O)O)C1. The summed E-state index contributed by atoms with van der Waals surface area (Å²) in [6.07, 6.45) is 2.51. The molecule has 0 aliphatic carbocycles. The number of sulfone groups is 1. The number of hydrogen-bond donors (Lipinski definition) is 1. The van der Waals surface area contributed by atoms with E-state index in [-0.39, 0.29) is 42.1 Å². The predicted molar refractivity (Wildman–Crippen MR) is 84.3 cm³/mol. The lowest BCUT2D eigenvalue weighted by atomic mass is 9.93. The van der Waals surface area contributed by atoms with Crippen molar-refractivity contribution in [3.63, 3.8) is 0 Å². The van der Waals surface area contributed by atoms with Crippen molar-refractivity contribution in [2.45, 2.75) is 46.0 Å². The number of carbonyl (C=O) groups excluding carboxylic acids is 1. The Morgan fingerprint density at radius 2 is 1.95 bits per heavy atom. The monoisotopic (exact) mass is 333 g/mol. The van der Waals surface area contributed by atoms with Gasteiger partial charge in [0.05, 0.1) is 11.5 Å². The maximum Gasteiger partial charge on any atom is 0.303 e. The molecule has 0 aromatic carbocycles. The van der Waals surface area contributed by atoms with Crippen molar-refractivity contribution in [2.75, 3.05) is 24.6 Å². The number of hydrogen-bond acceptors (Lipinski definition) is 4. The first kappa shape index (κ1) is 18.9. The zero-order valence-corrected chi connectivity index (χ0v) is 14.3. The fourth-order valence-electron chi connectivity index (χ4n) is 2.85. The van der Waals surface area contributed by atoms with Crippen LogP contribution < -0.4 is 0 Å². The summed E-state index contributed by atoms with van der Waals surface area (Å²) in [4.78, 5) is 24.5. The zero-order valence-electron chi connectivity index (χ0n) is 13.5. The quantitative estimate of drug-likeness (QED) is 0.727. The second-order valence-electron chi connectivity index (χ2n) is 6.54. The number of aliphatic carboxylic acids is 1. The minimum Gasteiger partial charge on any atom is -0.481 e. The van der Waals surface area contributed by atoms with Gasteiger partial charge in [0.2, 0.25) is 5.91 Å². The molecule has 1 aliphatic heterocycles.